The Morgan fingerprint density at radius 2 is 2.07 bits per heavy atom. The molecule has 3 amide bonds. The van der Waals surface area contributed by atoms with Crippen LogP contribution in [-0.4, -0.2) is 40.2 Å². The summed E-state index contributed by atoms with van der Waals surface area (Å²) in [7, 11) is 0. The lowest BCUT2D eigenvalue weighted by Crippen LogP contribution is -2.51. The molecule has 1 unspecified atom stereocenters. The van der Waals surface area contributed by atoms with E-state index < -0.39 is 6.04 Å². The molecule has 2 aromatic heterocycles. The second-order valence-electron chi connectivity index (χ2n) is 7.95. The topological polar surface area (TPSA) is 91.4 Å². The van der Waals surface area contributed by atoms with Gasteiger partial charge in [0.1, 0.15) is 6.04 Å². The molecule has 3 heterocycles. The molecule has 8 heteroatoms. The highest BCUT2D eigenvalue weighted by molar-refractivity contribution is 7.08. The quantitative estimate of drug-likeness (QED) is 0.739. The molecule has 0 bridgehead atoms. The number of nitrogens with one attached hydrogen (secondary N) is 2. The van der Waals surface area contributed by atoms with Crippen LogP contribution in [0.3, 0.4) is 0 Å². The minimum Gasteiger partial charge on any atom is -0.348 e. The van der Waals surface area contributed by atoms with Gasteiger partial charge in [0.25, 0.3) is 5.91 Å². The predicted octanol–water partition coefficient (Wildman–Crippen LogP) is 2.43. The average molecular weight is 429 g/mol. The molecule has 1 aliphatic rings. The number of carbonyl (C=O) groups is 3. The zero-order valence-electron chi connectivity index (χ0n) is 17.8. The summed E-state index contributed by atoms with van der Waals surface area (Å²) in [6.45, 7) is 8.66. The van der Waals surface area contributed by atoms with E-state index in [1.54, 1.807) is 11.0 Å². The predicted molar refractivity (Wildman–Crippen MR) is 116 cm³/mol. The van der Waals surface area contributed by atoms with Gasteiger partial charge in [0.2, 0.25) is 11.8 Å². The van der Waals surface area contributed by atoms with Crippen molar-refractivity contribution in [3.63, 3.8) is 0 Å². The Morgan fingerprint density at radius 1 is 1.30 bits per heavy atom. The summed E-state index contributed by atoms with van der Waals surface area (Å²) in [4.78, 5) is 43.1. The normalized spacial score (nSPS) is 14.2. The second-order valence-corrected chi connectivity index (χ2v) is 8.73. The third-order valence-corrected chi connectivity index (χ3v) is 6.09. The summed E-state index contributed by atoms with van der Waals surface area (Å²) in [6.07, 6.45) is 2.51. The third-order valence-electron chi connectivity index (χ3n) is 5.41. The monoisotopic (exact) mass is 428 g/mol. The number of aryl methyl sites for hydroxylation is 1. The van der Waals surface area contributed by atoms with Gasteiger partial charge < -0.3 is 15.5 Å². The van der Waals surface area contributed by atoms with E-state index in [-0.39, 0.29) is 23.6 Å². The zero-order valence-corrected chi connectivity index (χ0v) is 18.6. The molecule has 0 spiro atoms. The molecule has 1 atom stereocenters. The van der Waals surface area contributed by atoms with Gasteiger partial charge in [0, 0.05) is 49.4 Å². The molecular weight excluding hydrogens is 400 g/mol. The molecule has 1 aliphatic heterocycles. The van der Waals surface area contributed by atoms with Gasteiger partial charge in [0.05, 0.1) is 0 Å². The Labute approximate surface area is 180 Å². The van der Waals surface area contributed by atoms with Crippen molar-refractivity contribution in [2.24, 2.45) is 5.92 Å². The number of carbonyl (C=O) groups excluding carboxylic acids is 3. The number of rotatable bonds is 6. The first-order valence-electron chi connectivity index (χ1n) is 10.1. The number of aromatic nitrogens is 1. The lowest BCUT2D eigenvalue weighted by molar-refractivity contribution is -0.138. The van der Waals surface area contributed by atoms with Crippen LogP contribution in [0.2, 0.25) is 0 Å². The van der Waals surface area contributed by atoms with Crippen LogP contribution in [-0.2, 0) is 29.1 Å². The molecule has 0 fully saturated rings. The number of hydrogen-bond donors (Lipinski definition) is 2. The third kappa shape index (κ3) is 4.87. The summed E-state index contributed by atoms with van der Waals surface area (Å²) in [5, 5.41) is 9.46. The van der Waals surface area contributed by atoms with E-state index in [1.807, 2.05) is 37.7 Å². The Morgan fingerprint density at radius 3 is 2.70 bits per heavy atom. The van der Waals surface area contributed by atoms with Gasteiger partial charge >= 0.3 is 0 Å². The van der Waals surface area contributed by atoms with E-state index in [9.17, 15) is 14.4 Å². The summed E-state index contributed by atoms with van der Waals surface area (Å²) < 4.78 is 0. The van der Waals surface area contributed by atoms with E-state index in [4.69, 9.17) is 0 Å². The summed E-state index contributed by atoms with van der Waals surface area (Å²) >= 11 is 1.49. The molecular formula is C22H28N4O3S. The van der Waals surface area contributed by atoms with Crippen LogP contribution < -0.4 is 10.6 Å². The van der Waals surface area contributed by atoms with Crippen LogP contribution in [0.15, 0.2) is 23.0 Å². The lowest BCUT2D eigenvalue weighted by Gasteiger charge is -2.34. The maximum Gasteiger partial charge on any atom is 0.252 e. The molecule has 3 rings (SSSR count). The number of fused-ring (bicyclic) bond motifs is 1. The Bertz CT molecular complexity index is 940. The van der Waals surface area contributed by atoms with Crippen molar-refractivity contribution in [1.82, 2.24) is 20.5 Å². The highest BCUT2D eigenvalue weighted by atomic mass is 32.1. The van der Waals surface area contributed by atoms with Crippen LogP contribution >= 0.6 is 11.3 Å². The summed E-state index contributed by atoms with van der Waals surface area (Å²) in [5.41, 5.74) is 4.70. The fraction of sp³-hybridized carbons (Fsp3) is 0.455. The van der Waals surface area contributed by atoms with E-state index in [1.165, 1.54) is 18.3 Å². The van der Waals surface area contributed by atoms with Crippen molar-refractivity contribution in [3.05, 3.63) is 51.0 Å². The van der Waals surface area contributed by atoms with Crippen LogP contribution in [0.25, 0.3) is 0 Å². The fourth-order valence-electron chi connectivity index (χ4n) is 3.74. The molecule has 0 aromatic carbocycles. The average Bonchev–Trinajstić information content (AvgIpc) is 3.25. The minimum absolute atomic E-state index is 0.00168. The van der Waals surface area contributed by atoms with Gasteiger partial charge in [0.15, 0.2) is 0 Å². The Hall–Kier alpha value is -2.74. The molecule has 160 valence electrons. The SMILES string of the molecule is CC(=O)NC(C(=O)N1CCc2c(cnc(C)c2CNC(=O)c2ccsc2)C1)C(C)C. The smallest absolute Gasteiger partial charge is 0.252 e. The van der Waals surface area contributed by atoms with Gasteiger partial charge in [-0.25, -0.2) is 0 Å². The van der Waals surface area contributed by atoms with Crippen molar-refractivity contribution in [1.29, 1.82) is 0 Å². The highest BCUT2D eigenvalue weighted by Crippen LogP contribution is 2.25. The maximum absolute atomic E-state index is 13.0. The van der Waals surface area contributed by atoms with Gasteiger partial charge in [-0.3, -0.25) is 19.4 Å². The van der Waals surface area contributed by atoms with Gasteiger partial charge in [-0.05, 0) is 47.4 Å². The molecule has 2 aromatic rings. The fourth-order valence-corrected chi connectivity index (χ4v) is 4.37. The number of pyridine rings is 1. The van der Waals surface area contributed by atoms with Crippen molar-refractivity contribution >= 4 is 29.1 Å². The maximum atomic E-state index is 13.0. The molecule has 30 heavy (non-hydrogen) atoms. The Balaban J connectivity index is 1.75. The van der Waals surface area contributed by atoms with E-state index >= 15 is 0 Å². The van der Waals surface area contributed by atoms with Crippen molar-refractivity contribution < 1.29 is 14.4 Å². The van der Waals surface area contributed by atoms with Gasteiger partial charge in [-0.15, -0.1) is 0 Å². The van der Waals surface area contributed by atoms with Crippen molar-refractivity contribution in [2.75, 3.05) is 6.54 Å². The van der Waals surface area contributed by atoms with Crippen LogP contribution in [0, 0.1) is 12.8 Å². The van der Waals surface area contributed by atoms with E-state index in [0.29, 0.717) is 31.6 Å². The van der Waals surface area contributed by atoms with Gasteiger partial charge in [-0.2, -0.15) is 11.3 Å². The molecule has 7 nitrogen and oxygen atoms in total. The number of thiophene rings is 1. The first-order chi connectivity index (χ1) is 14.3. The van der Waals surface area contributed by atoms with E-state index in [0.717, 1.165) is 22.4 Å². The first kappa shape index (κ1) is 22.0. The lowest BCUT2D eigenvalue weighted by atomic mass is 9.93. The van der Waals surface area contributed by atoms with Gasteiger partial charge in [-0.1, -0.05) is 13.8 Å². The summed E-state index contributed by atoms with van der Waals surface area (Å²) in [5.74, 6) is -0.378. The highest BCUT2D eigenvalue weighted by Gasteiger charge is 2.31. The Kier molecular flexibility index (Phi) is 6.87. The largest absolute Gasteiger partial charge is 0.348 e. The van der Waals surface area contributed by atoms with Crippen LogP contribution in [0.4, 0.5) is 0 Å². The summed E-state index contributed by atoms with van der Waals surface area (Å²) in [6, 6.07) is 1.27. The molecule has 0 saturated carbocycles. The standard InChI is InChI=1S/C22H28N4O3S/c1-13(2)20(25-15(4)27)22(29)26-7-5-18-17(11-26)9-23-14(3)19(18)10-24-21(28)16-6-8-30-12-16/h6,8-9,12-13,20H,5,7,10-11H2,1-4H3,(H,24,28)(H,25,27). The van der Waals surface area contributed by atoms with Crippen LogP contribution in [0.5, 0.6) is 0 Å². The second kappa shape index (κ2) is 9.38. The molecule has 0 aliphatic carbocycles. The van der Waals surface area contributed by atoms with Crippen molar-refractivity contribution in [3.8, 4) is 0 Å². The van der Waals surface area contributed by atoms with E-state index in [2.05, 4.69) is 15.6 Å². The number of hydrogen-bond acceptors (Lipinski definition) is 5. The minimum atomic E-state index is -0.535. The van der Waals surface area contributed by atoms with Crippen LogP contribution in [0.1, 0.15) is 53.5 Å². The zero-order chi connectivity index (χ0) is 21.8. The number of amides is 3. The molecule has 0 radical (unpaired) electrons. The first-order valence-corrected chi connectivity index (χ1v) is 11.0. The molecule has 2 N–H and O–H groups in total. The number of nitrogens with zero attached hydrogens (tertiary/aromatic N) is 2. The molecule has 0 saturated heterocycles. The van der Waals surface area contributed by atoms with Crippen molar-refractivity contribution in [2.45, 2.75) is 53.2 Å².